The Morgan fingerprint density at radius 2 is 1.56 bits per heavy atom. The molecule has 0 aliphatic carbocycles. The zero-order valence-electron chi connectivity index (χ0n) is 18.8. The summed E-state index contributed by atoms with van der Waals surface area (Å²) in [6.45, 7) is 1.08. The number of hydrogen-bond donors (Lipinski definition) is 3. The number of benzene rings is 1. The molecule has 0 spiro atoms. The SMILES string of the molecule is CCC(CO)(CO)NC(=O)/C=C/c1cc(C#Cc2ccncc2)cc(C#Cc2cccnc2)c1. The molecule has 34 heavy (non-hydrogen) atoms. The van der Waals surface area contributed by atoms with Crippen LogP contribution in [-0.2, 0) is 4.79 Å². The predicted octanol–water partition coefficient (Wildman–Crippen LogP) is 2.54. The predicted molar refractivity (Wildman–Crippen MR) is 131 cm³/mol. The van der Waals surface area contributed by atoms with E-state index in [9.17, 15) is 15.0 Å². The summed E-state index contributed by atoms with van der Waals surface area (Å²) in [5.41, 5.74) is 2.78. The zero-order valence-corrected chi connectivity index (χ0v) is 18.8. The highest BCUT2D eigenvalue weighted by Crippen LogP contribution is 2.13. The molecule has 170 valence electrons. The van der Waals surface area contributed by atoms with Gasteiger partial charge in [-0.25, -0.2) is 0 Å². The van der Waals surface area contributed by atoms with Crippen LogP contribution < -0.4 is 5.32 Å². The second-order valence-electron chi connectivity index (χ2n) is 7.59. The van der Waals surface area contributed by atoms with E-state index < -0.39 is 11.4 Å². The van der Waals surface area contributed by atoms with Gasteiger partial charge < -0.3 is 15.5 Å². The molecule has 2 heterocycles. The van der Waals surface area contributed by atoms with E-state index in [1.807, 2.05) is 42.5 Å². The Labute approximate surface area is 199 Å². The maximum Gasteiger partial charge on any atom is 0.244 e. The van der Waals surface area contributed by atoms with Crippen molar-refractivity contribution < 1.29 is 15.0 Å². The Hall–Kier alpha value is -4.23. The number of aliphatic hydroxyl groups excluding tert-OH is 2. The molecule has 3 rings (SSSR count). The van der Waals surface area contributed by atoms with Gasteiger partial charge in [-0.3, -0.25) is 14.8 Å². The van der Waals surface area contributed by atoms with Crippen LogP contribution in [-0.4, -0.2) is 44.8 Å². The quantitative estimate of drug-likeness (QED) is 0.396. The Balaban J connectivity index is 1.91. The van der Waals surface area contributed by atoms with Crippen LogP contribution in [0.2, 0.25) is 0 Å². The zero-order chi connectivity index (χ0) is 24.2. The van der Waals surface area contributed by atoms with Crippen LogP contribution in [0.5, 0.6) is 0 Å². The summed E-state index contributed by atoms with van der Waals surface area (Å²) in [7, 11) is 0. The fourth-order valence-electron chi connectivity index (χ4n) is 2.97. The van der Waals surface area contributed by atoms with E-state index in [4.69, 9.17) is 0 Å². The first kappa shape index (κ1) is 24.4. The summed E-state index contributed by atoms with van der Waals surface area (Å²) in [6, 6.07) is 12.9. The van der Waals surface area contributed by atoms with Gasteiger partial charge in [-0.05, 0) is 60.5 Å². The van der Waals surface area contributed by atoms with Crippen LogP contribution in [0.3, 0.4) is 0 Å². The maximum atomic E-state index is 12.4. The van der Waals surface area contributed by atoms with Gasteiger partial charge in [0.2, 0.25) is 5.91 Å². The molecule has 0 saturated heterocycles. The molecule has 0 aliphatic heterocycles. The second kappa shape index (κ2) is 12.1. The van der Waals surface area contributed by atoms with E-state index in [1.165, 1.54) is 6.08 Å². The topological polar surface area (TPSA) is 95.3 Å². The lowest BCUT2D eigenvalue weighted by atomic mass is 9.98. The van der Waals surface area contributed by atoms with Crippen LogP contribution in [0.15, 0.2) is 73.3 Å². The first-order valence-electron chi connectivity index (χ1n) is 10.8. The molecule has 0 unspecified atom stereocenters. The molecule has 0 fully saturated rings. The highest BCUT2D eigenvalue weighted by atomic mass is 16.3. The Morgan fingerprint density at radius 1 is 0.912 bits per heavy atom. The molecule has 3 N–H and O–H groups in total. The van der Waals surface area contributed by atoms with Gasteiger partial charge in [-0.2, -0.15) is 0 Å². The number of nitrogens with one attached hydrogen (secondary N) is 1. The minimum Gasteiger partial charge on any atom is -0.394 e. The second-order valence-corrected chi connectivity index (χ2v) is 7.59. The summed E-state index contributed by atoms with van der Waals surface area (Å²) in [4.78, 5) is 20.5. The average Bonchev–Trinajstić information content (AvgIpc) is 2.89. The van der Waals surface area contributed by atoms with Crippen LogP contribution >= 0.6 is 0 Å². The molecule has 0 bridgehead atoms. The van der Waals surface area contributed by atoms with E-state index >= 15 is 0 Å². The Bertz CT molecular complexity index is 1180. The van der Waals surface area contributed by atoms with Crippen LogP contribution in [0.4, 0.5) is 0 Å². The lowest BCUT2D eigenvalue weighted by molar-refractivity contribution is -0.119. The number of carbonyl (C=O) groups is 1. The fourth-order valence-corrected chi connectivity index (χ4v) is 2.97. The summed E-state index contributed by atoms with van der Waals surface area (Å²) >= 11 is 0. The summed E-state index contributed by atoms with van der Waals surface area (Å²) < 4.78 is 0. The van der Waals surface area contributed by atoms with Gasteiger partial charge in [0, 0.05) is 53.1 Å². The van der Waals surface area contributed by atoms with Crippen molar-refractivity contribution in [3.8, 4) is 23.7 Å². The van der Waals surface area contributed by atoms with Crippen molar-refractivity contribution in [2.24, 2.45) is 0 Å². The van der Waals surface area contributed by atoms with Crippen molar-refractivity contribution in [3.05, 3.63) is 101 Å². The minimum atomic E-state index is -1.06. The van der Waals surface area contributed by atoms with Gasteiger partial charge in [-0.15, -0.1) is 0 Å². The van der Waals surface area contributed by atoms with Crippen molar-refractivity contribution in [2.45, 2.75) is 18.9 Å². The van der Waals surface area contributed by atoms with Gasteiger partial charge >= 0.3 is 0 Å². The molecule has 0 saturated carbocycles. The Kier molecular flexibility index (Phi) is 8.71. The van der Waals surface area contributed by atoms with Crippen molar-refractivity contribution in [3.63, 3.8) is 0 Å². The lowest BCUT2D eigenvalue weighted by Crippen LogP contribution is -2.53. The molecule has 3 aromatic rings. The van der Waals surface area contributed by atoms with Crippen molar-refractivity contribution >= 4 is 12.0 Å². The average molecular weight is 452 g/mol. The third kappa shape index (κ3) is 7.15. The third-order valence-electron chi connectivity index (χ3n) is 5.10. The monoisotopic (exact) mass is 451 g/mol. The number of carbonyl (C=O) groups excluding carboxylic acids is 1. The Morgan fingerprint density at radius 3 is 2.15 bits per heavy atom. The molecule has 0 atom stereocenters. The third-order valence-corrected chi connectivity index (χ3v) is 5.10. The van der Waals surface area contributed by atoms with E-state index in [-0.39, 0.29) is 13.2 Å². The van der Waals surface area contributed by atoms with Gasteiger partial charge in [-0.1, -0.05) is 30.6 Å². The number of rotatable bonds is 6. The molecule has 2 aromatic heterocycles. The highest BCUT2D eigenvalue weighted by molar-refractivity contribution is 5.92. The summed E-state index contributed by atoms with van der Waals surface area (Å²) in [6.07, 6.45) is 10.2. The van der Waals surface area contributed by atoms with Crippen LogP contribution in [0, 0.1) is 23.7 Å². The van der Waals surface area contributed by atoms with E-state index in [0.29, 0.717) is 6.42 Å². The standard InChI is InChI=1S/C28H25N3O3/c1-2-28(20-32,21-33)31-27(34)10-9-26-17-24(7-5-22-11-14-29-15-12-22)16-25(18-26)8-6-23-4-3-13-30-19-23/h3-4,9-19,32-33H,2,20-21H2,1H3,(H,31,34)/b10-9+. The largest absolute Gasteiger partial charge is 0.394 e. The van der Waals surface area contributed by atoms with Gasteiger partial charge in [0.1, 0.15) is 0 Å². The van der Waals surface area contributed by atoms with E-state index in [2.05, 4.69) is 39.0 Å². The summed E-state index contributed by atoms with van der Waals surface area (Å²) in [5.74, 6) is 12.0. The smallest absolute Gasteiger partial charge is 0.244 e. The number of aromatic nitrogens is 2. The molecule has 6 nitrogen and oxygen atoms in total. The maximum absolute atomic E-state index is 12.4. The molecule has 0 radical (unpaired) electrons. The van der Waals surface area contributed by atoms with Gasteiger partial charge in [0.15, 0.2) is 0 Å². The van der Waals surface area contributed by atoms with Crippen molar-refractivity contribution in [1.29, 1.82) is 0 Å². The van der Waals surface area contributed by atoms with Gasteiger partial charge in [0.25, 0.3) is 0 Å². The summed E-state index contributed by atoms with van der Waals surface area (Å²) in [5, 5.41) is 21.8. The molecule has 6 heteroatoms. The minimum absolute atomic E-state index is 0.353. The number of aliphatic hydroxyl groups is 2. The van der Waals surface area contributed by atoms with Crippen LogP contribution in [0.1, 0.15) is 41.2 Å². The van der Waals surface area contributed by atoms with Crippen molar-refractivity contribution in [2.75, 3.05) is 13.2 Å². The molecule has 0 aliphatic rings. The molecular weight excluding hydrogens is 426 g/mol. The van der Waals surface area contributed by atoms with E-state index in [1.54, 1.807) is 37.8 Å². The molecule has 1 amide bonds. The number of pyridine rings is 2. The van der Waals surface area contributed by atoms with Crippen LogP contribution in [0.25, 0.3) is 6.08 Å². The van der Waals surface area contributed by atoms with E-state index in [0.717, 1.165) is 27.8 Å². The normalized spacial score (nSPS) is 10.7. The van der Waals surface area contributed by atoms with Gasteiger partial charge in [0.05, 0.1) is 18.8 Å². The first-order chi connectivity index (χ1) is 16.6. The molecule has 1 aromatic carbocycles. The number of amides is 1. The number of nitrogens with zero attached hydrogens (tertiary/aromatic N) is 2. The fraction of sp³-hybridized carbons (Fsp3) is 0.179. The number of hydrogen-bond acceptors (Lipinski definition) is 5. The highest BCUT2D eigenvalue weighted by Gasteiger charge is 2.27. The van der Waals surface area contributed by atoms with Crippen molar-refractivity contribution in [1.82, 2.24) is 15.3 Å². The lowest BCUT2D eigenvalue weighted by Gasteiger charge is -2.29. The first-order valence-corrected chi connectivity index (χ1v) is 10.8. The molecular formula is C28H25N3O3.